The fraction of sp³-hybridized carbons (Fsp3) is 0.0769. The van der Waals surface area contributed by atoms with Crippen LogP contribution < -0.4 is 15.4 Å². The molecule has 36 heavy (non-hydrogen) atoms. The number of pyridine rings is 1. The molecule has 0 radical (unpaired) electrons. The summed E-state index contributed by atoms with van der Waals surface area (Å²) in [5.74, 6) is 0.0236. The van der Waals surface area contributed by atoms with Crippen LogP contribution in [-0.4, -0.2) is 33.8 Å². The van der Waals surface area contributed by atoms with Crippen LogP contribution in [0.4, 0.5) is 11.4 Å². The van der Waals surface area contributed by atoms with E-state index in [2.05, 4.69) is 15.6 Å². The highest BCUT2D eigenvalue weighted by Gasteiger charge is 2.17. The van der Waals surface area contributed by atoms with Gasteiger partial charge in [-0.25, -0.2) is 4.98 Å². The molecule has 2 N–H and O–H groups in total. The molecular formula is C26H20N4O5S. The molecule has 1 aromatic heterocycles. The SMILES string of the molecule is COc1ccc(NC(=S)NC(=O)c2cc(-c3ccc([N+](=O)[O-])cc3)nc3ccc(C(C)=O)cc23)cc1. The van der Waals surface area contributed by atoms with E-state index in [0.717, 1.165) is 0 Å². The van der Waals surface area contributed by atoms with Crippen LogP contribution in [0.1, 0.15) is 27.6 Å². The maximum absolute atomic E-state index is 13.3. The van der Waals surface area contributed by atoms with Gasteiger partial charge in [-0.2, -0.15) is 0 Å². The molecule has 4 aromatic rings. The summed E-state index contributed by atoms with van der Waals surface area (Å²) in [6.45, 7) is 1.44. The van der Waals surface area contributed by atoms with E-state index in [-0.39, 0.29) is 22.1 Å². The third-order valence-corrected chi connectivity index (χ3v) is 5.61. The molecule has 1 heterocycles. The zero-order valence-corrected chi connectivity index (χ0v) is 20.1. The number of hydrogen-bond acceptors (Lipinski definition) is 7. The first kappa shape index (κ1) is 24.4. The minimum Gasteiger partial charge on any atom is -0.497 e. The molecule has 3 aromatic carbocycles. The van der Waals surface area contributed by atoms with Crippen molar-refractivity contribution in [3.8, 4) is 17.0 Å². The molecule has 0 aliphatic carbocycles. The topological polar surface area (TPSA) is 123 Å². The lowest BCUT2D eigenvalue weighted by Gasteiger charge is -2.13. The van der Waals surface area contributed by atoms with E-state index in [0.29, 0.717) is 39.2 Å². The fourth-order valence-electron chi connectivity index (χ4n) is 3.54. The number of carbonyl (C=O) groups is 2. The van der Waals surface area contributed by atoms with Gasteiger partial charge in [0, 0.05) is 34.3 Å². The molecule has 0 spiro atoms. The fourth-order valence-corrected chi connectivity index (χ4v) is 3.75. The third-order valence-electron chi connectivity index (χ3n) is 5.41. The lowest BCUT2D eigenvalue weighted by molar-refractivity contribution is -0.384. The Morgan fingerprint density at radius 2 is 1.69 bits per heavy atom. The summed E-state index contributed by atoms with van der Waals surface area (Å²) >= 11 is 5.32. The number of amides is 1. The number of ether oxygens (including phenoxy) is 1. The molecule has 0 saturated carbocycles. The van der Waals surface area contributed by atoms with E-state index in [9.17, 15) is 19.7 Å². The average Bonchev–Trinajstić information content (AvgIpc) is 2.88. The van der Waals surface area contributed by atoms with Crippen molar-refractivity contribution in [2.75, 3.05) is 12.4 Å². The van der Waals surface area contributed by atoms with Gasteiger partial charge in [-0.05, 0) is 79.8 Å². The molecule has 0 aliphatic rings. The Morgan fingerprint density at radius 3 is 2.31 bits per heavy atom. The Kier molecular flexibility index (Phi) is 6.98. The smallest absolute Gasteiger partial charge is 0.269 e. The second-order valence-electron chi connectivity index (χ2n) is 7.78. The minimum atomic E-state index is -0.503. The van der Waals surface area contributed by atoms with Gasteiger partial charge >= 0.3 is 0 Å². The lowest BCUT2D eigenvalue weighted by Crippen LogP contribution is -2.34. The third kappa shape index (κ3) is 5.34. The number of nitrogens with one attached hydrogen (secondary N) is 2. The van der Waals surface area contributed by atoms with Crippen molar-refractivity contribution < 1.29 is 19.2 Å². The number of non-ortho nitro benzene ring substituents is 1. The summed E-state index contributed by atoms with van der Waals surface area (Å²) < 4.78 is 5.14. The molecule has 180 valence electrons. The number of fused-ring (bicyclic) bond motifs is 1. The number of aromatic nitrogens is 1. The molecule has 0 fully saturated rings. The molecule has 4 rings (SSSR count). The molecule has 0 unspecified atom stereocenters. The van der Waals surface area contributed by atoms with Gasteiger partial charge in [0.05, 0.1) is 28.8 Å². The van der Waals surface area contributed by atoms with Crippen molar-refractivity contribution in [2.45, 2.75) is 6.92 Å². The Labute approximate surface area is 211 Å². The van der Waals surface area contributed by atoms with Crippen LogP contribution in [-0.2, 0) is 0 Å². The lowest BCUT2D eigenvalue weighted by atomic mass is 10.0. The van der Waals surface area contributed by atoms with Gasteiger partial charge < -0.3 is 10.1 Å². The highest BCUT2D eigenvalue weighted by molar-refractivity contribution is 7.80. The Morgan fingerprint density at radius 1 is 1.00 bits per heavy atom. The van der Waals surface area contributed by atoms with E-state index < -0.39 is 10.8 Å². The van der Waals surface area contributed by atoms with Crippen LogP contribution in [0.15, 0.2) is 72.8 Å². The van der Waals surface area contributed by atoms with Gasteiger partial charge in [-0.1, -0.05) is 0 Å². The van der Waals surface area contributed by atoms with Crippen LogP contribution in [0.3, 0.4) is 0 Å². The van der Waals surface area contributed by atoms with E-state index >= 15 is 0 Å². The normalized spacial score (nSPS) is 10.5. The number of ketones is 1. The van der Waals surface area contributed by atoms with Crippen molar-refractivity contribution in [3.05, 3.63) is 94.0 Å². The van der Waals surface area contributed by atoms with Crippen LogP contribution in [0, 0.1) is 10.1 Å². The maximum atomic E-state index is 13.3. The number of nitro benzene ring substituents is 1. The quantitative estimate of drug-likeness (QED) is 0.161. The summed E-state index contributed by atoms with van der Waals surface area (Å²) in [7, 11) is 1.56. The number of anilines is 1. The number of Topliss-reactive ketones (excluding diaryl/α,β-unsaturated/α-hetero) is 1. The second kappa shape index (κ2) is 10.3. The van der Waals surface area contributed by atoms with Crippen LogP contribution in [0.25, 0.3) is 22.2 Å². The van der Waals surface area contributed by atoms with Crippen molar-refractivity contribution in [1.82, 2.24) is 10.3 Å². The van der Waals surface area contributed by atoms with Crippen molar-refractivity contribution in [1.29, 1.82) is 0 Å². The zero-order valence-electron chi connectivity index (χ0n) is 19.3. The molecule has 0 aliphatic heterocycles. The number of rotatable bonds is 6. The van der Waals surface area contributed by atoms with Crippen LogP contribution >= 0.6 is 12.2 Å². The van der Waals surface area contributed by atoms with Gasteiger partial charge in [0.1, 0.15) is 5.75 Å². The highest BCUT2D eigenvalue weighted by Crippen LogP contribution is 2.27. The summed E-state index contributed by atoms with van der Waals surface area (Å²) in [5, 5.41) is 17.2. The first-order valence-corrected chi connectivity index (χ1v) is 11.1. The summed E-state index contributed by atoms with van der Waals surface area (Å²) in [6, 6.07) is 19.4. The van der Waals surface area contributed by atoms with Gasteiger partial charge in [0.2, 0.25) is 0 Å². The van der Waals surface area contributed by atoms with Gasteiger partial charge in [0.25, 0.3) is 11.6 Å². The highest BCUT2D eigenvalue weighted by atomic mass is 32.1. The number of carbonyl (C=O) groups excluding carboxylic acids is 2. The molecule has 0 bridgehead atoms. The van der Waals surface area contributed by atoms with Gasteiger partial charge in [-0.15, -0.1) is 0 Å². The summed E-state index contributed by atoms with van der Waals surface area (Å²) in [5.41, 5.74) is 2.79. The van der Waals surface area contributed by atoms with Gasteiger partial charge in [0.15, 0.2) is 10.9 Å². The van der Waals surface area contributed by atoms with E-state index in [1.54, 1.807) is 67.8 Å². The minimum absolute atomic E-state index is 0.0569. The van der Waals surface area contributed by atoms with Crippen molar-refractivity contribution in [2.24, 2.45) is 0 Å². The predicted molar refractivity (Wildman–Crippen MR) is 141 cm³/mol. The zero-order chi connectivity index (χ0) is 25.8. The largest absolute Gasteiger partial charge is 0.497 e. The van der Waals surface area contributed by atoms with Gasteiger partial charge in [-0.3, -0.25) is 25.0 Å². The number of methoxy groups -OCH3 is 1. The number of thiocarbonyl (C=S) groups is 1. The van der Waals surface area contributed by atoms with Crippen molar-refractivity contribution in [3.63, 3.8) is 0 Å². The van der Waals surface area contributed by atoms with E-state index in [4.69, 9.17) is 17.0 Å². The number of benzene rings is 3. The van der Waals surface area contributed by atoms with E-state index in [1.165, 1.54) is 19.1 Å². The number of nitro groups is 1. The Balaban J connectivity index is 1.70. The second-order valence-corrected chi connectivity index (χ2v) is 8.19. The maximum Gasteiger partial charge on any atom is 0.269 e. The standard InChI is InChI=1S/C26H20N4O5S/c1-15(31)17-5-12-23-21(13-17)22(14-24(28-23)16-3-8-19(9-4-16)30(33)34)25(32)29-26(36)27-18-6-10-20(35-2)11-7-18/h3-14H,1-2H3,(H2,27,29,32,36). The number of nitrogens with zero attached hydrogens (tertiary/aromatic N) is 2. The average molecular weight is 501 g/mol. The van der Waals surface area contributed by atoms with E-state index in [1.807, 2.05) is 0 Å². The van der Waals surface area contributed by atoms with Crippen LogP contribution in [0.2, 0.25) is 0 Å². The molecule has 0 saturated heterocycles. The number of hydrogen-bond donors (Lipinski definition) is 2. The van der Waals surface area contributed by atoms with Crippen LogP contribution in [0.5, 0.6) is 5.75 Å². The molecule has 10 heteroatoms. The first-order chi connectivity index (χ1) is 17.2. The molecular weight excluding hydrogens is 480 g/mol. The Bertz CT molecular complexity index is 1500. The molecule has 0 atom stereocenters. The molecule has 9 nitrogen and oxygen atoms in total. The monoisotopic (exact) mass is 500 g/mol. The summed E-state index contributed by atoms with van der Waals surface area (Å²) in [6.07, 6.45) is 0. The Hall–Kier alpha value is -4.70. The summed E-state index contributed by atoms with van der Waals surface area (Å²) in [4.78, 5) is 40.4. The molecule has 1 amide bonds. The predicted octanol–water partition coefficient (Wildman–Crippen LogP) is 5.15. The van der Waals surface area contributed by atoms with Crippen molar-refractivity contribution >= 4 is 51.3 Å². The first-order valence-electron chi connectivity index (χ1n) is 10.7.